The van der Waals surface area contributed by atoms with E-state index in [1.165, 1.54) is 22.7 Å². The molecule has 0 spiro atoms. The average Bonchev–Trinajstić information content (AvgIpc) is 2.68. The minimum Gasteiger partial charge on any atom is -0.366 e. The Labute approximate surface area is 153 Å². The molecule has 0 radical (unpaired) electrons. The van der Waals surface area contributed by atoms with E-state index in [1.807, 2.05) is 0 Å². The standard InChI is InChI=1S/C19H16F2N4O2/c20-13-4-5-16(15(21)11-13)23-7-9-24(10-8-23)18(26)14-12-22-17-3-1-2-6-25(17)19(14)27/h1-6,11-12H,7-10H2. The van der Waals surface area contributed by atoms with Gasteiger partial charge in [0.15, 0.2) is 0 Å². The number of halogens is 2. The maximum Gasteiger partial charge on any atom is 0.270 e. The first-order valence-electron chi connectivity index (χ1n) is 8.50. The third-order valence-corrected chi connectivity index (χ3v) is 4.66. The zero-order valence-electron chi connectivity index (χ0n) is 14.3. The molecule has 3 aromatic rings. The summed E-state index contributed by atoms with van der Waals surface area (Å²) in [7, 11) is 0. The third-order valence-electron chi connectivity index (χ3n) is 4.66. The lowest BCUT2D eigenvalue weighted by atomic mass is 10.2. The largest absolute Gasteiger partial charge is 0.366 e. The van der Waals surface area contributed by atoms with Gasteiger partial charge >= 0.3 is 0 Å². The number of hydrogen-bond acceptors (Lipinski definition) is 4. The predicted octanol–water partition coefficient (Wildman–Crippen LogP) is 1.94. The number of aromatic nitrogens is 2. The quantitative estimate of drug-likeness (QED) is 0.692. The van der Waals surface area contributed by atoms with Crippen LogP contribution in [0.3, 0.4) is 0 Å². The van der Waals surface area contributed by atoms with Crippen molar-refractivity contribution >= 4 is 17.2 Å². The Morgan fingerprint density at radius 3 is 2.56 bits per heavy atom. The molecule has 4 rings (SSSR count). The van der Waals surface area contributed by atoms with Crippen LogP contribution >= 0.6 is 0 Å². The van der Waals surface area contributed by atoms with Gasteiger partial charge in [0.25, 0.3) is 11.5 Å². The molecule has 1 aromatic carbocycles. The number of hydrogen-bond donors (Lipinski definition) is 0. The number of rotatable bonds is 2. The van der Waals surface area contributed by atoms with Crippen molar-refractivity contribution in [2.24, 2.45) is 0 Å². The lowest BCUT2D eigenvalue weighted by Gasteiger charge is -2.36. The summed E-state index contributed by atoms with van der Waals surface area (Å²) in [5.74, 6) is -1.66. The van der Waals surface area contributed by atoms with Gasteiger partial charge in [0.05, 0.1) is 5.69 Å². The molecular weight excluding hydrogens is 354 g/mol. The summed E-state index contributed by atoms with van der Waals surface area (Å²) in [4.78, 5) is 32.8. The number of piperazine rings is 1. The molecule has 1 amide bonds. The lowest BCUT2D eigenvalue weighted by Crippen LogP contribution is -2.50. The van der Waals surface area contributed by atoms with Crippen molar-refractivity contribution in [3.05, 3.63) is 76.3 Å². The van der Waals surface area contributed by atoms with Gasteiger partial charge in [-0.2, -0.15) is 0 Å². The molecule has 3 heterocycles. The van der Waals surface area contributed by atoms with Crippen molar-refractivity contribution in [1.82, 2.24) is 14.3 Å². The topological polar surface area (TPSA) is 57.9 Å². The fourth-order valence-electron chi connectivity index (χ4n) is 3.23. The van der Waals surface area contributed by atoms with Crippen molar-refractivity contribution in [2.75, 3.05) is 31.1 Å². The number of pyridine rings is 1. The van der Waals surface area contributed by atoms with Crippen LogP contribution in [0, 0.1) is 11.6 Å². The summed E-state index contributed by atoms with van der Waals surface area (Å²) >= 11 is 0. The lowest BCUT2D eigenvalue weighted by molar-refractivity contribution is 0.0744. The molecule has 0 bridgehead atoms. The van der Waals surface area contributed by atoms with Crippen molar-refractivity contribution in [3.63, 3.8) is 0 Å². The highest BCUT2D eigenvalue weighted by Gasteiger charge is 2.26. The van der Waals surface area contributed by atoms with E-state index in [9.17, 15) is 18.4 Å². The van der Waals surface area contributed by atoms with Crippen LogP contribution < -0.4 is 10.5 Å². The number of carbonyl (C=O) groups is 1. The Bertz CT molecular complexity index is 1070. The number of carbonyl (C=O) groups excluding carboxylic acids is 1. The highest BCUT2D eigenvalue weighted by molar-refractivity contribution is 5.94. The molecule has 0 unspecified atom stereocenters. The second kappa shape index (κ2) is 6.79. The third kappa shape index (κ3) is 3.14. The number of nitrogens with zero attached hydrogens (tertiary/aromatic N) is 4. The molecule has 1 aliphatic rings. The molecule has 0 atom stereocenters. The second-order valence-electron chi connectivity index (χ2n) is 6.28. The predicted molar refractivity (Wildman–Crippen MR) is 95.9 cm³/mol. The van der Waals surface area contributed by atoms with E-state index >= 15 is 0 Å². The van der Waals surface area contributed by atoms with E-state index in [-0.39, 0.29) is 5.56 Å². The minimum absolute atomic E-state index is 0.000104. The number of fused-ring (bicyclic) bond motifs is 1. The zero-order valence-corrected chi connectivity index (χ0v) is 14.3. The first-order valence-corrected chi connectivity index (χ1v) is 8.50. The molecule has 27 heavy (non-hydrogen) atoms. The van der Waals surface area contributed by atoms with Crippen molar-refractivity contribution in [1.29, 1.82) is 0 Å². The normalized spacial score (nSPS) is 14.6. The van der Waals surface area contributed by atoms with Crippen molar-refractivity contribution in [2.45, 2.75) is 0 Å². The molecule has 1 fully saturated rings. The monoisotopic (exact) mass is 370 g/mol. The fourth-order valence-corrected chi connectivity index (χ4v) is 3.23. The van der Waals surface area contributed by atoms with E-state index in [0.29, 0.717) is 37.5 Å². The van der Waals surface area contributed by atoms with E-state index in [1.54, 1.807) is 34.2 Å². The van der Waals surface area contributed by atoms with E-state index in [0.717, 1.165) is 6.07 Å². The maximum absolute atomic E-state index is 13.9. The molecule has 1 saturated heterocycles. The van der Waals surface area contributed by atoms with Gasteiger partial charge in [-0.1, -0.05) is 6.07 Å². The second-order valence-corrected chi connectivity index (χ2v) is 6.28. The smallest absolute Gasteiger partial charge is 0.270 e. The van der Waals surface area contributed by atoms with E-state index in [2.05, 4.69) is 4.98 Å². The van der Waals surface area contributed by atoms with Gasteiger partial charge in [0.2, 0.25) is 0 Å². The molecule has 138 valence electrons. The van der Waals surface area contributed by atoms with Crippen molar-refractivity contribution in [3.8, 4) is 0 Å². The van der Waals surface area contributed by atoms with Crippen LogP contribution in [0.5, 0.6) is 0 Å². The van der Waals surface area contributed by atoms with Crippen LogP contribution in [0.4, 0.5) is 14.5 Å². The van der Waals surface area contributed by atoms with Gasteiger partial charge < -0.3 is 9.80 Å². The maximum atomic E-state index is 13.9. The summed E-state index contributed by atoms with van der Waals surface area (Å²) < 4.78 is 28.3. The van der Waals surface area contributed by atoms with Gasteiger partial charge in [-0.25, -0.2) is 13.8 Å². The molecule has 6 nitrogen and oxygen atoms in total. The van der Waals surface area contributed by atoms with Gasteiger partial charge in [-0.3, -0.25) is 14.0 Å². The number of benzene rings is 1. The summed E-state index contributed by atoms with van der Waals surface area (Å²) in [6.45, 7) is 1.42. The molecule has 0 saturated carbocycles. The summed E-state index contributed by atoms with van der Waals surface area (Å²) in [5, 5.41) is 0. The molecule has 2 aromatic heterocycles. The number of amides is 1. The van der Waals surface area contributed by atoms with Crippen LogP contribution in [0.2, 0.25) is 0 Å². The Hall–Kier alpha value is -3.29. The van der Waals surface area contributed by atoms with Gasteiger partial charge in [0, 0.05) is 44.6 Å². The van der Waals surface area contributed by atoms with Crippen molar-refractivity contribution < 1.29 is 13.6 Å². The first-order chi connectivity index (χ1) is 13.0. The van der Waals surface area contributed by atoms with Gasteiger partial charge in [-0.15, -0.1) is 0 Å². The zero-order chi connectivity index (χ0) is 19.0. The average molecular weight is 370 g/mol. The minimum atomic E-state index is -0.633. The molecular formula is C19H16F2N4O2. The van der Waals surface area contributed by atoms with E-state index < -0.39 is 23.1 Å². The summed E-state index contributed by atoms with van der Waals surface area (Å²) in [6.07, 6.45) is 2.86. The Kier molecular flexibility index (Phi) is 4.31. The fraction of sp³-hybridized carbons (Fsp3) is 0.211. The Balaban J connectivity index is 1.52. The Morgan fingerprint density at radius 1 is 1.04 bits per heavy atom. The highest BCUT2D eigenvalue weighted by atomic mass is 19.1. The van der Waals surface area contributed by atoms with Gasteiger partial charge in [0.1, 0.15) is 22.8 Å². The molecule has 8 heteroatoms. The number of anilines is 1. The molecule has 0 N–H and O–H groups in total. The highest BCUT2D eigenvalue weighted by Crippen LogP contribution is 2.21. The SMILES string of the molecule is O=C(c1cnc2ccccn2c1=O)N1CCN(c2ccc(F)cc2F)CC1. The summed E-state index contributed by atoms with van der Waals surface area (Å²) in [5.41, 5.74) is 0.351. The Morgan fingerprint density at radius 2 is 1.81 bits per heavy atom. The molecule has 1 aliphatic heterocycles. The molecule has 0 aliphatic carbocycles. The van der Waals surface area contributed by atoms with Crippen LogP contribution in [0.15, 0.2) is 53.6 Å². The van der Waals surface area contributed by atoms with Crippen LogP contribution in [-0.4, -0.2) is 46.4 Å². The first kappa shape index (κ1) is 17.1. The van der Waals surface area contributed by atoms with Crippen LogP contribution in [-0.2, 0) is 0 Å². The van der Waals surface area contributed by atoms with E-state index in [4.69, 9.17) is 0 Å². The van der Waals surface area contributed by atoms with Crippen LogP contribution in [0.1, 0.15) is 10.4 Å². The van der Waals surface area contributed by atoms with Crippen LogP contribution in [0.25, 0.3) is 5.65 Å². The van der Waals surface area contributed by atoms with Gasteiger partial charge in [-0.05, 0) is 24.3 Å². The summed E-state index contributed by atoms with van der Waals surface area (Å²) in [6, 6.07) is 8.58.